The Hall–Kier alpha value is -2.21. The van der Waals surface area contributed by atoms with E-state index in [1.165, 1.54) is 0 Å². The van der Waals surface area contributed by atoms with E-state index in [0.717, 1.165) is 4.90 Å². The molecule has 116 valence electrons. The lowest BCUT2D eigenvalue weighted by atomic mass is 9.99. The van der Waals surface area contributed by atoms with Crippen LogP contribution in [0.2, 0.25) is 0 Å². The second-order valence-corrected chi connectivity index (χ2v) is 5.66. The predicted octanol–water partition coefficient (Wildman–Crippen LogP) is 0.987. The monoisotopic (exact) mass is 303 g/mol. The van der Waals surface area contributed by atoms with Crippen LogP contribution < -0.4 is 0 Å². The summed E-state index contributed by atoms with van der Waals surface area (Å²) in [7, 11) is 0. The standard InChI is InChI=1S/C16H17NO5/c1-2-22-15(21)16(7-8-16)12(18)9-17-13(19)10-5-3-4-6-11(10)14(17)20/h3-6,12,18H,2,7-9H2,1H3. The number of benzene rings is 1. The van der Waals surface area contributed by atoms with Crippen LogP contribution in [-0.4, -0.2) is 47.0 Å². The molecule has 1 aliphatic carbocycles. The zero-order valence-electron chi connectivity index (χ0n) is 12.2. The summed E-state index contributed by atoms with van der Waals surface area (Å²) in [4.78, 5) is 37.5. The lowest BCUT2D eigenvalue weighted by molar-refractivity contribution is -0.154. The number of rotatable bonds is 5. The molecular weight excluding hydrogens is 286 g/mol. The quantitative estimate of drug-likeness (QED) is 0.647. The molecule has 1 aromatic rings. The molecule has 1 fully saturated rings. The van der Waals surface area contributed by atoms with Gasteiger partial charge in [0.25, 0.3) is 11.8 Å². The van der Waals surface area contributed by atoms with Crippen molar-refractivity contribution in [1.29, 1.82) is 0 Å². The fourth-order valence-electron chi connectivity index (χ4n) is 2.84. The summed E-state index contributed by atoms with van der Waals surface area (Å²) in [5, 5.41) is 10.4. The zero-order valence-corrected chi connectivity index (χ0v) is 12.2. The molecule has 1 aliphatic heterocycles. The SMILES string of the molecule is CCOC(=O)C1(C(O)CN2C(=O)c3ccccc3C2=O)CC1. The van der Waals surface area contributed by atoms with Crippen molar-refractivity contribution < 1.29 is 24.2 Å². The van der Waals surface area contributed by atoms with E-state index >= 15 is 0 Å². The molecular formula is C16H17NO5. The summed E-state index contributed by atoms with van der Waals surface area (Å²) in [6, 6.07) is 6.54. The van der Waals surface area contributed by atoms with Crippen molar-refractivity contribution in [3.8, 4) is 0 Å². The first kappa shape index (κ1) is 14.7. The molecule has 0 radical (unpaired) electrons. The number of hydrogen-bond donors (Lipinski definition) is 1. The summed E-state index contributed by atoms with van der Waals surface area (Å²) in [6.07, 6.45) is -0.0828. The van der Waals surface area contributed by atoms with E-state index in [1.54, 1.807) is 31.2 Å². The number of fused-ring (bicyclic) bond motifs is 1. The minimum atomic E-state index is -1.10. The second-order valence-electron chi connectivity index (χ2n) is 5.66. The molecule has 1 heterocycles. The fourth-order valence-corrected chi connectivity index (χ4v) is 2.84. The van der Waals surface area contributed by atoms with E-state index in [2.05, 4.69) is 0 Å². The van der Waals surface area contributed by atoms with Gasteiger partial charge in [-0.15, -0.1) is 0 Å². The first-order valence-corrected chi connectivity index (χ1v) is 7.32. The molecule has 1 atom stereocenters. The number of esters is 1. The summed E-state index contributed by atoms with van der Waals surface area (Å²) in [5.41, 5.74) is -0.299. The van der Waals surface area contributed by atoms with Crippen LogP contribution in [0.4, 0.5) is 0 Å². The number of ether oxygens (including phenoxy) is 1. The molecule has 0 bridgehead atoms. The molecule has 22 heavy (non-hydrogen) atoms. The molecule has 6 heteroatoms. The molecule has 1 aromatic carbocycles. The van der Waals surface area contributed by atoms with Crippen LogP contribution in [0.5, 0.6) is 0 Å². The van der Waals surface area contributed by atoms with Crippen LogP contribution in [0, 0.1) is 5.41 Å². The first-order valence-electron chi connectivity index (χ1n) is 7.32. The molecule has 0 aromatic heterocycles. The second kappa shape index (κ2) is 5.21. The number of carbonyl (C=O) groups is 3. The third-order valence-corrected chi connectivity index (χ3v) is 4.34. The van der Waals surface area contributed by atoms with Crippen molar-refractivity contribution in [3.05, 3.63) is 35.4 Å². The lowest BCUT2D eigenvalue weighted by Gasteiger charge is -2.24. The van der Waals surface area contributed by atoms with Gasteiger partial charge in [0.1, 0.15) is 0 Å². The number of aliphatic hydroxyl groups is 1. The molecule has 6 nitrogen and oxygen atoms in total. The predicted molar refractivity (Wildman–Crippen MR) is 76.1 cm³/mol. The molecule has 1 N–H and O–H groups in total. The minimum absolute atomic E-state index is 0.189. The molecule has 0 spiro atoms. The maximum absolute atomic E-state index is 12.3. The third kappa shape index (κ3) is 2.11. The van der Waals surface area contributed by atoms with Gasteiger partial charge in [0.15, 0.2) is 0 Å². The zero-order chi connectivity index (χ0) is 15.9. The Morgan fingerprint density at radius 3 is 2.27 bits per heavy atom. The van der Waals surface area contributed by atoms with E-state index in [9.17, 15) is 19.5 Å². The van der Waals surface area contributed by atoms with Crippen LogP contribution in [0.3, 0.4) is 0 Å². The normalized spacial score (nSPS) is 19.8. The lowest BCUT2D eigenvalue weighted by Crippen LogP contribution is -2.43. The maximum atomic E-state index is 12.3. The van der Waals surface area contributed by atoms with Crippen molar-refractivity contribution in [2.24, 2.45) is 5.41 Å². The van der Waals surface area contributed by atoms with Crippen LogP contribution in [0.1, 0.15) is 40.5 Å². The van der Waals surface area contributed by atoms with Gasteiger partial charge in [-0.05, 0) is 31.9 Å². The molecule has 3 rings (SSSR count). The highest BCUT2D eigenvalue weighted by atomic mass is 16.5. The highest BCUT2D eigenvalue weighted by Crippen LogP contribution is 2.50. The van der Waals surface area contributed by atoms with Crippen molar-refractivity contribution >= 4 is 17.8 Å². The van der Waals surface area contributed by atoms with Crippen molar-refractivity contribution in [2.45, 2.75) is 25.9 Å². The summed E-state index contributed by atoms with van der Waals surface area (Å²) < 4.78 is 4.98. The Labute approximate surface area is 127 Å². The average Bonchev–Trinajstić information content (AvgIpc) is 3.29. The Morgan fingerprint density at radius 1 is 1.27 bits per heavy atom. The number of nitrogens with zero attached hydrogens (tertiary/aromatic N) is 1. The van der Waals surface area contributed by atoms with Crippen LogP contribution >= 0.6 is 0 Å². The average molecular weight is 303 g/mol. The van der Waals surface area contributed by atoms with Crippen LogP contribution in [0.15, 0.2) is 24.3 Å². The number of β-amino-alcohol motifs (C(OH)–C–C–N with tert-alkyl or cyclic N) is 1. The molecule has 2 aliphatic rings. The summed E-state index contributed by atoms with van der Waals surface area (Å²) in [6.45, 7) is 1.75. The Balaban J connectivity index is 1.76. The van der Waals surface area contributed by atoms with Gasteiger partial charge in [-0.2, -0.15) is 0 Å². The number of amides is 2. The first-order chi connectivity index (χ1) is 10.5. The van der Waals surface area contributed by atoms with E-state index in [0.29, 0.717) is 24.0 Å². The van der Waals surface area contributed by atoms with Crippen molar-refractivity contribution in [3.63, 3.8) is 0 Å². The van der Waals surface area contributed by atoms with Gasteiger partial charge < -0.3 is 9.84 Å². The number of aliphatic hydroxyl groups excluding tert-OH is 1. The Kier molecular flexibility index (Phi) is 3.48. The Bertz CT molecular complexity index is 615. The highest BCUT2D eigenvalue weighted by Gasteiger charge is 2.58. The third-order valence-electron chi connectivity index (χ3n) is 4.34. The molecule has 0 saturated heterocycles. The van der Waals surface area contributed by atoms with Gasteiger partial charge in [0, 0.05) is 0 Å². The van der Waals surface area contributed by atoms with Crippen LogP contribution in [0.25, 0.3) is 0 Å². The topological polar surface area (TPSA) is 83.9 Å². The van der Waals surface area contributed by atoms with Gasteiger partial charge in [-0.1, -0.05) is 12.1 Å². The number of carbonyl (C=O) groups excluding carboxylic acids is 3. The maximum Gasteiger partial charge on any atom is 0.314 e. The van der Waals surface area contributed by atoms with Gasteiger partial charge in [0.05, 0.1) is 35.8 Å². The number of imide groups is 1. The van der Waals surface area contributed by atoms with Crippen molar-refractivity contribution in [1.82, 2.24) is 4.90 Å². The van der Waals surface area contributed by atoms with E-state index in [-0.39, 0.29) is 13.2 Å². The van der Waals surface area contributed by atoms with Gasteiger partial charge >= 0.3 is 5.97 Å². The van der Waals surface area contributed by atoms with Gasteiger partial charge in [-0.25, -0.2) is 0 Å². The van der Waals surface area contributed by atoms with E-state index < -0.39 is 29.3 Å². The summed E-state index contributed by atoms with van der Waals surface area (Å²) >= 11 is 0. The van der Waals surface area contributed by atoms with Gasteiger partial charge in [-0.3, -0.25) is 19.3 Å². The molecule has 1 saturated carbocycles. The van der Waals surface area contributed by atoms with Crippen LogP contribution in [-0.2, 0) is 9.53 Å². The molecule has 2 amide bonds. The molecule has 1 unspecified atom stereocenters. The van der Waals surface area contributed by atoms with E-state index in [1.807, 2.05) is 0 Å². The van der Waals surface area contributed by atoms with Crippen molar-refractivity contribution in [2.75, 3.05) is 13.2 Å². The smallest absolute Gasteiger partial charge is 0.314 e. The summed E-state index contributed by atoms with van der Waals surface area (Å²) in [5.74, 6) is -1.32. The largest absolute Gasteiger partial charge is 0.465 e. The highest BCUT2D eigenvalue weighted by molar-refractivity contribution is 6.21. The van der Waals surface area contributed by atoms with E-state index in [4.69, 9.17) is 4.74 Å². The fraction of sp³-hybridized carbons (Fsp3) is 0.438. The minimum Gasteiger partial charge on any atom is -0.465 e. The van der Waals surface area contributed by atoms with Gasteiger partial charge in [0.2, 0.25) is 0 Å². The number of hydrogen-bond acceptors (Lipinski definition) is 5. The Morgan fingerprint density at radius 2 is 1.82 bits per heavy atom.